The third kappa shape index (κ3) is 7.47. The maximum absolute atomic E-state index is 14.4. The molecule has 53 heavy (non-hydrogen) atoms. The lowest BCUT2D eigenvalue weighted by atomic mass is 9.32. The number of aliphatic hydroxyl groups excluding tert-OH is 1. The van der Waals surface area contributed by atoms with Crippen LogP contribution in [0, 0.1) is 56.7 Å². The number of methoxy groups -OCH3 is 1. The first-order valence-corrected chi connectivity index (χ1v) is 21.2. The number of fused-ring (bicyclic) bond motifs is 7. The number of unbranched alkanes of at least 4 members (excludes halogenated alkanes) is 4. The normalized spacial score (nSPS) is 38.9. The van der Waals surface area contributed by atoms with E-state index in [4.69, 9.17) is 10.5 Å². The van der Waals surface area contributed by atoms with Crippen molar-refractivity contribution < 1.29 is 29.0 Å². The number of allylic oxidation sites excluding steroid dienone is 1. The lowest BCUT2D eigenvalue weighted by molar-refractivity contribution is -0.246. The molecule has 0 radical (unpaired) electrons. The molecular formula is C44H73N3O6. The van der Waals surface area contributed by atoms with E-state index in [0.717, 1.165) is 64.2 Å². The topological polar surface area (TPSA) is 148 Å². The molecule has 0 aromatic rings. The van der Waals surface area contributed by atoms with Crippen molar-refractivity contribution in [1.82, 2.24) is 10.6 Å². The molecule has 5 saturated carbocycles. The molecule has 0 heterocycles. The van der Waals surface area contributed by atoms with Crippen LogP contribution in [0.4, 0.5) is 0 Å². The van der Waals surface area contributed by atoms with Gasteiger partial charge in [0.05, 0.1) is 18.6 Å². The highest BCUT2D eigenvalue weighted by Crippen LogP contribution is 2.77. The molecule has 5 fully saturated rings. The third-order valence-corrected chi connectivity index (χ3v) is 16.9. The summed E-state index contributed by atoms with van der Waals surface area (Å²) in [4.78, 5) is 50.0. The van der Waals surface area contributed by atoms with Gasteiger partial charge in [0, 0.05) is 19.4 Å². The monoisotopic (exact) mass is 740 g/mol. The van der Waals surface area contributed by atoms with E-state index in [0.29, 0.717) is 49.0 Å². The summed E-state index contributed by atoms with van der Waals surface area (Å²) in [5, 5.41) is 17.2. The fourth-order valence-electron chi connectivity index (χ4n) is 13.8. The van der Waals surface area contributed by atoms with Crippen LogP contribution < -0.4 is 16.4 Å². The van der Waals surface area contributed by atoms with Crippen LogP contribution in [0.3, 0.4) is 0 Å². The smallest absolute Gasteiger partial charge is 0.328 e. The molecule has 300 valence electrons. The number of ether oxygens (including phenoxy) is 1. The van der Waals surface area contributed by atoms with E-state index in [9.17, 15) is 24.3 Å². The first kappa shape index (κ1) is 41.7. The van der Waals surface area contributed by atoms with Gasteiger partial charge in [-0.3, -0.25) is 14.4 Å². The average molecular weight is 740 g/mol. The van der Waals surface area contributed by atoms with Crippen molar-refractivity contribution in [2.24, 2.45) is 62.4 Å². The maximum Gasteiger partial charge on any atom is 0.328 e. The van der Waals surface area contributed by atoms with Crippen LogP contribution in [-0.2, 0) is 23.9 Å². The second-order valence-electron chi connectivity index (χ2n) is 19.6. The lowest BCUT2D eigenvalue weighted by Crippen LogP contribution is -2.67. The minimum atomic E-state index is -0.868. The molecule has 0 saturated heterocycles. The molecule has 5 N–H and O–H groups in total. The highest BCUT2D eigenvalue weighted by molar-refractivity contribution is 5.85. The number of hydrogen-bond donors (Lipinski definition) is 4. The van der Waals surface area contributed by atoms with Gasteiger partial charge in [0.1, 0.15) is 6.04 Å². The maximum atomic E-state index is 14.4. The molecule has 5 rings (SSSR count). The Labute approximate surface area is 320 Å². The van der Waals surface area contributed by atoms with Crippen molar-refractivity contribution in [2.45, 2.75) is 169 Å². The first-order chi connectivity index (χ1) is 24.9. The largest absolute Gasteiger partial charge is 0.467 e. The Balaban J connectivity index is 1.16. The zero-order valence-corrected chi connectivity index (χ0v) is 34.2. The number of carbonyl (C=O) groups excluding carboxylic acids is 4. The van der Waals surface area contributed by atoms with Crippen molar-refractivity contribution in [3.8, 4) is 0 Å². The molecule has 0 aromatic carbocycles. The van der Waals surface area contributed by atoms with E-state index < -0.39 is 17.9 Å². The molecule has 9 nitrogen and oxygen atoms in total. The lowest BCUT2D eigenvalue weighted by Gasteiger charge is -2.72. The van der Waals surface area contributed by atoms with Gasteiger partial charge in [-0.15, -0.1) is 0 Å². The van der Waals surface area contributed by atoms with E-state index in [1.165, 1.54) is 38.4 Å². The van der Waals surface area contributed by atoms with Crippen LogP contribution in [0.5, 0.6) is 0 Å². The zero-order valence-electron chi connectivity index (χ0n) is 34.2. The van der Waals surface area contributed by atoms with Crippen molar-refractivity contribution in [2.75, 3.05) is 13.7 Å². The predicted octanol–water partition coefficient (Wildman–Crippen LogP) is 7.39. The van der Waals surface area contributed by atoms with Crippen LogP contribution in [0.25, 0.3) is 0 Å². The number of primary amides is 1. The van der Waals surface area contributed by atoms with Gasteiger partial charge in [-0.05, 0) is 142 Å². The molecule has 0 aromatic heterocycles. The summed E-state index contributed by atoms with van der Waals surface area (Å²) in [6.45, 7) is 19.9. The van der Waals surface area contributed by atoms with E-state index in [2.05, 4.69) is 58.8 Å². The Morgan fingerprint density at radius 3 is 2.21 bits per heavy atom. The summed E-state index contributed by atoms with van der Waals surface area (Å²) < 4.78 is 4.75. The van der Waals surface area contributed by atoms with Crippen molar-refractivity contribution in [3.05, 3.63) is 12.2 Å². The number of carbonyl (C=O) groups is 4. The number of nitrogens with one attached hydrogen (secondary N) is 2. The van der Waals surface area contributed by atoms with Gasteiger partial charge in [0.2, 0.25) is 17.7 Å². The minimum Gasteiger partial charge on any atom is -0.467 e. The van der Waals surface area contributed by atoms with Gasteiger partial charge in [-0.2, -0.15) is 0 Å². The Kier molecular flexibility index (Phi) is 12.6. The molecule has 0 aliphatic heterocycles. The minimum absolute atomic E-state index is 0.00169. The Morgan fingerprint density at radius 1 is 0.830 bits per heavy atom. The van der Waals surface area contributed by atoms with Gasteiger partial charge in [0.25, 0.3) is 0 Å². The van der Waals surface area contributed by atoms with Crippen LogP contribution in [0.15, 0.2) is 12.2 Å². The molecule has 0 spiro atoms. The summed E-state index contributed by atoms with van der Waals surface area (Å²) in [6.07, 6.45) is 15.6. The standard InChI is InChI=1S/C44H73N3O6/c1-28(2)29-19-24-44(39(52)46-27-13-11-9-10-12-14-36(50)47-31(38(51)53-8)16-18-35(45)49)26-25-42(6)30(37(29)44)15-17-33-41(5)22-21-34(48)40(3,4)32(41)20-23-43(33,42)7/h29-34,37,48H,1,9-27H2,2-8H3,(H2,45,49)(H,46,52)(H,47,50)/t29-,30+,31-,32-,33+,34-,37+,41-,42+,43+,44-/m0/s1. The van der Waals surface area contributed by atoms with Crippen LogP contribution in [0.1, 0.15) is 157 Å². The van der Waals surface area contributed by atoms with Gasteiger partial charge in [-0.25, -0.2) is 4.79 Å². The number of hydrogen-bond acceptors (Lipinski definition) is 6. The van der Waals surface area contributed by atoms with E-state index in [-0.39, 0.29) is 57.8 Å². The van der Waals surface area contributed by atoms with E-state index in [1.807, 2.05) is 0 Å². The number of rotatable bonds is 15. The van der Waals surface area contributed by atoms with E-state index >= 15 is 0 Å². The number of nitrogens with two attached hydrogens (primary N) is 1. The highest BCUT2D eigenvalue weighted by atomic mass is 16.5. The van der Waals surface area contributed by atoms with Crippen LogP contribution in [0.2, 0.25) is 0 Å². The molecular weight excluding hydrogens is 666 g/mol. The second kappa shape index (κ2) is 16.0. The zero-order chi connectivity index (χ0) is 39.0. The summed E-state index contributed by atoms with van der Waals surface area (Å²) in [5.74, 6) is 1.37. The molecule has 3 amide bonds. The predicted molar refractivity (Wildman–Crippen MR) is 208 cm³/mol. The molecule has 0 bridgehead atoms. The van der Waals surface area contributed by atoms with Crippen LogP contribution in [-0.4, -0.2) is 54.6 Å². The van der Waals surface area contributed by atoms with Gasteiger partial charge >= 0.3 is 5.97 Å². The van der Waals surface area contributed by atoms with Crippen molar-refractivity contribution in [3.63, 3.8) is 0 Å². The molecule has 5 aliphatic rings. The Hall–Kier alpha value is -2.42. The number of amides is 3. The van der Waals surface area contributed by atoms with Gasteiger partial charge in [0.15, 0.2) is 0 Å². The highest BCUT2D eigenvalue weighted by Gasteiger charge is 2.71. The van der Waals surface area contributed by atoms with Gasteiger partial charge < -0.3 is 26.2 Å². The van der Waals surface area contributed by atoms with Gasteiger partial charge in [-0.1, -0.05) is 66.0 Å². The van der Waals surface area contributed by atoms with Crippen molar-refractivity contribution >= 4 is 23.7 Å². The van der Waals surface area contributed by atoms with E-state index in [1.54, 1.807) is 0 Å². The van der Waals surface area contributed by atoms with Crippen molar-refractivity contribution in [1.29, 1.82) is 0 Å². The Morgan fingerprint density at radius 2 is 1.53 bits per heavy atom. The molecule has 9 heteroatoms. The fourth-order valence-corrected chi connectivity index (χ4v) is 13.8. The first-order valence-electron chi connectivity index (χ1n) is 21.2. The second-order valence-corrected chi connectivity index (χ2v) is 19.6. The quantitative estimate of drug-likeness (QED) is 0.0783. The fraction of sp³-hybridized carbons (Fsp3) is 0.864. The number of aliphatic hydroxyl groups is 1. The summed E-state index contributed by atoms with van der Waals surface area (Å²) >= 11 is 0. The molecule has 0 unspecified atom stereocenters. The van der Waals surface area contributed by atoms with Crippen LogP contribution >= 0.6 is 0 Å². The molecule has 11 atom stereocenters. The Bertz CT molecular complexity index is 1400. The summed E-state index contributed by atoms with van der Waals surface area (Å²) in [7, 11) is 1.25. The summed E-state index contributed by atoms with van der Waals surface area (Å²) in [5.41, 5.74) is 6.72. The third-order valence-electron chi connectivity index (χ3n) is 16.9. The summed E-state index contributed by atoms with van der Waals surface area (Å²) in [6, 6.07) is -0.868. The SMILES string of the molecule is C=C(C)[C@@H]1CC[C@]2(C(=O)NCCCCCCCC(=O)N[C@@H](CCC(N)=O)C(=O)OC)CC[C@]3(C)[C@H](CC[C@@H]4[C@@]5(C)CC[C@H](O)C(C)(C)[C@@H]5CC[C@]43C)[C@@H]12. The molecule has 5 aliphatic carbocycles. The average Bonchev–Trinajstić information content (AvgIpc) is 3.51. The number of esters is 1.